The lowest BCUT2D eigenvalue weighted by Gasteiger charge is -2.33. The summed E-state index contributed by atoms with van der Waals surface area (Å²) >= 11 is 0. The molecule has 0 spiro atoms. The molecule has 0 unspecified atom stereocenters. The van der Waals surface area contributed by atoms with Crippen molar-refractivity contribution in [2.24, 2.45) is 5.41 Å². The molecule has 0 aromatic carbocycles. The number of hydrogen-bond donors (Lipinski definition) is 3. The Hall–Kier alpha value is -2.35. The van der Waals surface area contributed by atoms with Crippen LogP contribution in [-0.4, -0.2) is 36.7 Å². The van der Waals surface area contributed by atoms with E-state index >= 15 is 0 Å². The Morgan fingerprint density at radius 1 is 1.13 bits per heavy atom. The van der Waals surface area contributed by atoms with Gasteiger partial charge in [0.1, 0.15) is 11.8 Å². The van der Waals surface area contributed by atoms with Crippen molar-refractivity contribution in [1.29, 1.82) is 0 Å². The van der Waals surface area contributed by atoms with Crippen molar-refractivity contribution in [2.45, 2.75) is 84.8 Å². The number of nitrogens with one attached hydrogen (secondary N) is 3. The zero-order valence-electron chi connectivity index (χ0n) is 19.4. The van der Waals surface area contributed by atoms with Gasteiger partial charge in [-0.3, -0.25) is 9.59 Å². The highest BCUT2D eigenvalue weighted by atomic mass is 16.5. The van der Waals surface area contributed by atoms with Crippen molar-refractivity contribution in [1.82, 2.24) is 21.1 Å². The van der Waals surface area contributed by atoms with Gasteiger partial charge < -0.3 is 25.2 Å². The third kappa shape index (κ3) is 5.67. The van der Waals surface area contributed by atoms with Crippen LogP contribution in [0, 0.1) is 12.3 Å². The Balaban J connectivity index is 1.71. The highest BCUT2D eigenvalue weighted by Gasteiger charge is 2.33. The quantitative estimate of drug-likeness (QED) is 0.594. The summed E-state index contributed by atoms with van der Waals surface area (Å²) in [6.45, 7) is 8.54. The van der Waals surface area contributed by atoms with E-state index in [4.69, 9.17) is 9.26 Å². The third-order valence-electron chi connectivity index (χ3n) is 6.38. The van der Waals surface area contributed by atoms with Gasteiger partial charge >= 0.3 is 0 Å². The smallest absolute Gasteiger partial charge is 0.278 e. The van der Waals surface area contributed by atoms with Crippen LogP contribution in [0.25, 0.3) is 0 Å². The van der Waals surface area contributed by atoms with Crippen LogP contribution in [0.2, 0.25) is 0 Å². The Kier molecular flexibility index (Phi) is 7.41. The minimum atomic E-state index is -0.466. The number of hydrogen-bond acceptors (Lipinski definition) is 6. The van der Waals surface area contributed by atoms with Gasteiger partial charge in [-0.15, -0.1) is 0 Å². The molecule has 0 radical (unpaired) electrons. The normalized spacial score (nSPS) is 22.4. The molecule has 3 rings (SSSR count). The minimum absolute atomic E-state index is 0.140. The monoisotopic (exact) mass is 432 g/mol. The summed E-state index contributed by atoms with van der Waals surface area (Å²) in [7, 11) is 1.72. The molecule has 2 aliphatic rings. The van der Waals surface area contributed by atoms with E-state index < -0.39 is 5.91 Å². The first-order chi connectivity index (χ1) is 14.7. The Morgan fingerprint density at radius 2 is 1.84 bits per heavy atom. The lowest BCUT2D eigenvalue weighted by atomic mass is 9.84. The van der Waals surface area contributed by atoms with Gasteiger partial charge in [-0.2, -0.15) is 0 Å². The summed E-state index contributed by atoms with van der Waals surface area (Å²) in [4.78, 5) is 25.9. The van der Waals surface area contributed by atoms with Crippen LogP contribution in [0.3, 0.4) is 0 Å². The molecule has 1 aromatic rings. The molecule has 1 atom stereocenters. The van der Waals surface area contributed by atoms with Crippen molar-refractivity contribution >= 4 is 11.8 Å². The standard InChI is InChI=1S/C23H36N4O4/c1-14-18(27-31-20(14)17-11-12-23(3,4)13-30-17)21(28)26-19(15(2)24-5)22(29)25-16-9-7-6-8-10-16/h16-17,24H,6-13H2,1-5H3,(H,25,29)(H,26,28)/b19-15+/t17-/m1/s1. The molecule has 1 aliphatic heterocycles. The van der Waals surface area contributed by atoms with E-state index in [2.05, 4.69) is 35.0 Å². The lowest BCUT2D eigenvalue weighted by Crippen LogP contribution is -2.42. The Labute approximate surface area is 184 Å². The van der Waals surface area contributed by atoms with E-state index in [-0.39, 0.29) is 34.9 Å². The fourth-order valence-electron chi connectivity index (χ4n) is 4.19. The van der Waals surface area contributed by atoms with Crippen molar-refractivity contribution < 1.29 is 18.8 Å². The average molecular weight is 433 g/mol. The fourth-order valence-corrected chi connectivity index (χ4v) is 4.19. The molecule has 1 saturated carbocycles. The third-order valence-corrected chi connectivity index (χ3v) is 6.38. The van der Waals surface area contributed by atoms with E-state index in [0.29, 0.717) is 23.6 Å². The van der Waals surface area contributed by atoms with Crippen LogP contribution in [0.1, 0.15) is 93.6 Å². The van der Waals surface area contributed by atoms with Gasteiger partial charge in [-0.25, -0.2) is 0 Å². The van der Waals surface area contributed by atoms with Gasteiger partial charge in [-0.05, 0) is 44.9 Å². The molecular formula is C23H36N4O4. The van der Waals surface area contributed by atoms with Crippen LogP contribution in [0.5, 0.6) is 0 Å². The fraction of sp³-hybridized carbons (Fsp3) is 0.696. The van der Waals surface area contributed by atoms with Gasteiger partial charge in [0.05, 0.1) is 6.61 Å². The molecule has 31 heavy (non-hydrogen) atoms. The second-order valence-corrected chi connectivity index (χ2v) is 9.54. The van der Waals surface area contributed by atoms with Crippen LogP contribution in [0.4, 0.5) is 0 Å². The SMILES string of the molecule is CN/C(C)=C(/NC(=O)c1noc([C@H]2CCC(C)(C)CO2)c1C)C(=O)NC1CCCCC1. The number of rotatable bonds is 6. The van der Waals surface area contributed by atoms with Crippen molar-refractivity contribution in [2.75, 3.05) is 13.7 Å². The Bertz CT molecular complexity index is 827. The zero-order valence-corrected chi connectivity index (χ0v) is 19.4. The van der Waals surface area contributed by atoms with Crippen LogP contribution < -0.4 is 16.0 Å². The van der Waals surface area contributed by atoms with Crippen molar-refractivity contribution in [3.8, 4) is 0 Å². The summed E-state index contributed by atoms with van der Waals surface area (Å²) in [5, 5.41) is 12.8. The molecular weight excluding hydrogens is 396 g/mol. The first kappa shape index (κ1) is 23.3. The van der Waals surface area contributed by atoms with Crippen LogP contribution in [0.15, 0.2) is 15.9 Å². The van der Waals surface area contributed by atoms with E-state index in [1.807, 2.05) is 0 Å². The first-order valence-electron chi connectivity index (χ1n) is 11.3. The van der Waals surface area contributed by atoms with Gasteiger partial charge in [0.25, 0.3) is 11.8 Å². The molecule has 2 amide bonds. The predicted molar refractivity (Wildman–Crippen MR) is 117 cm³/mol. The highest BCUT2D eigenvalue weighted by molar-refractivity contribution is 6.03. The van der Waals surface area contributed by atoms with E-state index in [1.165, 1.54) is 6.42 Å². The van der Waals surface area contributed by atoms with Gasteiger partial charge in [0.15, 0.2) is 11.5 Å². The van der Waals surface area contributed by atoms with Crippen molar-refractivity contribution in [3.05, 3.63) is 28.4 Å². The van der Waals surface area contributed by atoms with E-state index in [9.17, 15) is 9.59 Å². The molecule has 8 nitrogen and oxygen atoms in total. The maximum absolute atomic E-state index is 13.0. The molecule has 1 aromatic heterocycles. The number of allylic oxidation sites excluding steroid dienone is 1. The molecule has 172 valence electrons. The minimum Gasteiger partial charge on any atom is -0.390 e. The second kappa shape index (κ2) is 9.85. The topological polar surface area (TPSA) is 105 Å². The Morgan fingerprint density at radius 3 is 2.45 bits per heavy atom. The average Bonchev–Trinajstić information content (AvgIpc) is 3.13. The summed E-state index contributed by atoms with van der Waals surface area (Å²) < 4.78 is 11.5. The first-order valence-corrected chi connectivity index (χ1v) is 11.3. The van der Waals surface area contributed by atoms with Gasteiger partial charge in [0.2, 0.25) is 0 Å². The number of carbonyl (C=O) groups is 2. The number of amides is 2. The zero-order chi connectivity index (χ0) is 22.6. The summed E-state index contributed by atoms with van der Waals surface area (Å²) in [5.74, 6) is -0.165. The van der Waals surface area contributed by atoms with Gasteiger partial charge in [-0.1, -0.05) is 38.3 Å². The van der Waals surface area contributed by atoms with E-state index in [1.54, 1.807) is 20.9 Å². The largest absolute Gasteiger partial charge is 0.390 e. The van der Waals surface area contributed by atoms with Gasteiger partial charge in [0, 0.05) is 24.4 Å². The second-order valence-electron chi connectivity index (χ2n) is 9.54. The van der Waals surface area contributed by atoms with Crippen LogP contribution in [-0.2, 0) is 9.53 Å². The molecule has 0 bridgehead atoms. The van der Waals surface area contributed by atoms with Crippen molar-refractivity contribution in [3.63, 3.8) is 0 Å². The molecule has 1 aliphatic carbocycles. The maximum atomic E-state index is 13.0. The summed E-state index contributed by atoms with van der Waals surface area (Å²) in [6, 6.07) is 0.144. The molecule has 1 saturated heterocycles. The molecule has 8 heteroatoms. The summed E-state index contributed by atoms with van der Waals surface area (Å²) in [5.41, 5.74) is 1.76. The molecule has 2 heterocycles. The number of nitrogens with zero attached hydrogens (tertiary/aromatic N) is 1. The molecule has 3 N–H and O–H groups in total. The highest BCUT2D eigenvalue weighted by Crippen LogP contribution is 2.38. The number of aromatic nitrogens is 1. The number of ether oxygens (including phenoxy) is 1. The molecule has 2 fully saturated rings. The maximum Gasteiger partial charge on any atom is 0.278 e. The lowest BCUT2D eigenvalue weighted by molar-refractivity contribution is -0.118. The number of carbonyl (C=O) groups excluding carboxylic acids is 2. The predicted octanol–water partition coefficient (Wildman–Crippen LogP) is 3.49. The van der Waals surface area contributed by atoms with Crippen LogP contribution >= 0.6 is 0 Å². The summed E-state index contributed by atoms with van der Waals surface area (Å²) in [6.07, 6.45) is 6.99. The van der Waals surface area contributed by atoms with E-state index in [0.717, 1.165) is 38.5 Å².